The van der Waals surface area contributed by atoms with Crippen LogP contribution in [0.1, 0.15) is 54.5 Å². The molecule has 0 aliphatic carbocycles. The van der Waals surface area contributed by atoms with Crippen molar-refractivity contribution in [2.45, 2.75) is 47.0 Å². The summed E-state index contributed by atoms with van der Waals surface area (Å²) in [6, 6.07) is 39.2. The van der Waals surface area contributed by atoms with Crippen LogP contribution in [0.5, 0.6) is 0 Å². The highest BCUT2D eigenvalue weighted by Crippen LogP contribution is 2.42. The number of allylic oxidation sites excluding steroid dienone is 2. The number of fused-ring (bicyclic) bond motifs is 1. The monoisotopic (exact) mass is 612 g/mol. The van der Waals surface area contributed by atoms with Crippen LogP contribution in [-0.4, -0.2) is 14.9 Å². The lowest BCUT2D eigenvalue weighted by molar-refractivity contribution is -0.115. The third-order valence-corrected chi connectivity index (χ3v) is 8.73. The minimum absolute atomic E-state index is 0.161. The molecule has 0 aliphatic rings. The standard InChI is InChI=1S/C42H36N4O/c1-5-6-40(47)30(4)11-24-37-41(34-18-14-32(27-44)15-19-34)46(36-22-9-29(3)10-23-36)39-25-38(33-16-12-31(26-43)13-17-33)45(42(37)39)35-20-7-28(2)8-21-35/h7-23,25H,5-6,24H2,1-4H3/b30-11-. The topological polar surface area (TPSA) is 74.5 Å². The molecule has 4 aromatic carbocycles. The molecule has 230 valence electrons. The number of nitriles is 2. The summed E-state index contributed by atoms with van der Waals surface area (Å²) in [6.45, 7) is 8.10. The van der Waals surface area contributed by atoms with Gasteiger partial charge in [0.1, 0.15) is 0 Å². The van der Waals surface area contributed by atoms with Gasteiger partial charge < -0.3 is 9.13 Å². The summed E-state index contributed by atoms with van der Waals surface area (Å²) >= 11 is 0. The number of rotatable bonds is 9. The van der Waals surface area contributed by atoms with Gasteiger partial charge in [0.2, 0.25) is 0 Å². The highest BCUT2D eigenvalue weighted by molar-refractivity contribution is 5.98. The number of carbonyl (C=O) groups is 1. The van der Waals surface area contributed by atoms with Gasteiger partial charge in [-0.1, -0.05) is 72.7 Å². The van der Waals surface area contributed by atoms with E-state index in [1.165, 1.54) is 11.1 Å². The van der Waals surface area contributed by atoms with Crippen LogP contribution in [-0.2, 0) is 11.2 Å². The molecule has 5 nitrogen and oxygen atoms in total. The lowest BCUT2D eigenvalue weighted by Gasteiger charge is -2.15. The molecule has 0 radical (unpaired) electrons. The van der Waals surface area contributed by atoms with Gasteiger partial charge in [-0.15, -0.1) is 0 Å². The number of hydrogen-bond donors (Lipinski definition) is 0. The molecule has 0 amide bonds. The molecule has 0 fully saturated rings. The molecule has 0 saturated heterocycles. The Balaban J connectivity index is 1.76. The summed E-state index contributed by atoms with van der Waals surface area (Å²) in [7, 11) is 0. The molecular formula is C42H36N4O. The zero-order valence-corrected chi connectivity index (χ0v) is 27.2. The molecular weight excluding hydrogens is 576 g/mol. The van der Waals surface area contributed by atoms with Crippen molar-refractivity contribution in [1.29, 1.82) is 10.5 Å². The summed E-state index contributed by atoms with van der Waals surface area (Å²) in [5.74, 6) is 0.161. The molecule has 0 spiro atoms. The van der Waals surface area contributed by atoms with Gasteiger partial charge in [-0.2, -0.15) is 10.5 Å². The maximum atomic E-state index is 12.9. The quantitative estimate of drug-likeness (QED) is 0.153. The SMILES string of the molecule is CCCC(=O)/C(C)=C\Cc1c(-c2ccc(C#N)cc2)n(-c2ccc(C)cc2)c2cc(-c3ccc(C#N)cc3)n(-c3ccc(C)cc3)c12. The second kappa shape index (κ2) is 13.2. The van der Waals surface area contributed by atoms with Crippen LogP contribution in [0.4, 0.5) is 0 Å². The Labute approximate surface area is 276 Å². The Bertz CT molecular complexity index is 2150. The highest BCUT2D eigenvalue weighted by Gasteiger charge is 2.26. The van der Waals surface area contributed by atoms with E-state index in [1.54, 1.807) is 0 Å². The van der Waals surface area contributed by atoms with E-state index in [9.17, 15) is 15.3 Å². The van der Waals surface area contributed by atoms with Crippen molar-refractivity contribution in [2.75, 3.05) is 0 Å². The normalized spacial score (nSPS) is 11.4. The predicted molar refractivity (Wildman–Crippen MR) is 190 cm³/mol. The third-order valence-electron chi connectivity index (χ3n) is 8.73. The first-order chi connectivity index (χ1) is 22.8. The van der Waals surface area contributed by atoms with Gasteiger partial charge in [-0.3, -0.25) is 4.79 Å². The first-order valence-electron chi connectivity index (χ1n) is 16.0. The minimum Gasteiger partial charge on any atom is -0.307 e. The fraction of sp³-hybridized carbons (Fsp3) is 0.167. The highest BCUT2D eigenvalue weighted by atomic mass is 16.1. The van der Waals surface area contributed by atoms with Gasteiger partial charge in [-0.25, -0.2) is 0 Å². The number of ketones is 1. The van der Waals surface area contributed by atoms with Crippen LogP contribution >= 0.6 is 0 Å². The zero-order chi connectivity index (χ0) is 33.1. The molecule has 2 heterocycles. The molecule has 2 aromatic heterocycles. The second-order valence-electron chi connectivity index (χ2n) is 12.1. The largest absolute Gasteiger partial charge is 0.307 e. The molecule has 6 rings (SSSR count). The molecule has 5 heteroatoms. The average molecular weight is 613 g/mol. The number of aryl methyl sites for hydroxylation is 2. The van der Waals surface area contributed by atoms with Crippen molar-refractivity contribution >= 4 is 16.8 Å². The number of hydrogen-bond acceptors (Lipinski definition) is 3. The van der Waals surface area contributed by atoms with Crippen molar-refractivity contribution in [3.63, 3.8) is 0 Å². The first-order valence-corrected chi connectivity index (χ1v) is 16.0. The van der Waals surface area contributed by atoms with Crippen molar-refractivity contribution < 1.29 is 4.79 Å². The Hall–Kier alpha value is -5.91. The lowest BCUT2D eigenvalue weighted by atomic mass is 10.0. The fourth-order valence-electron chi connectivity index (χ4n) is 6.17. The number of aromatic nitrogens is 2. The van der Waals surface area contributed by atoms with E-state index < -0.39 is 0 Å². The summed E-state index contributed by atoms with van der Waals surface area (Å²) in [6.07, 6.45) is 3.92. The molecule has 47 heavy (non-hydrogen) atoms. The number of benzene rings is 4. The maximum absolute atomic E-state index is 12.9. The van der Waals surface area contributed by atoms with Crippen molar-refractivity contribution in [3.8, 4) is 46.0 Å². The molecule has 0 aliphatic heterocycles. The Morgan fingerprint density at radius 1 is 0.723 bits per heavy atom. The summed E-state index contributed by atoms with van der Waals surface area (Å²) in [5, 5.41) is 19.1. The van der Waals surface area contributed by atoms with E-state index in [2.05, 4.69) is 95.8 Å². The van der Waals surface area contributed by atoms with E-state index >= 15 is 0 Å². The van der Waals surface area contributed by atoms with Gasteiger partial charge in [0.15, 0.2) is 5.78 Å². The van der Waals surface area contributed by atoms with E-state index in [0.717, 1.165) is 62.5 Å². The summed E-state index contributed by atoms with van der Waals surface area (Å²) in [5.41, 5.74) is 13.5. The van der Waals surface area contributed by atoms with Gasteiger partial charge >= 0.3 is 0 Å². The van der Waals surface area contributed by atoms with Crippen molar-refractivity contribution in [1.82, 2.24) is 9.13 Å². The predicted octanol–water partition coefficient (Wildman–Crippen LogP) is 9.97. The first kappa shape index (κ1) is 31.1. The lowest BCUT2D eigenvalue weighted by Crippen LogP contribution is -2.02. The Kier molecular flexibility index (Phi) is 8.74. The van der Waals surface area contributed by atoms with E-state index in [-0.39, 0.29) is 5.78 Å². The zero-order valence-electron chi connectivity index (χ0n) is 27.2. The second-order valence-corrected chi connectivity index (χ2v) is 12.1. The Morgan fingerprint density at radius 3 is 1.74 bits per heavy atom. The van der Waals surface area contributed by atoms with Crippen LogP contribution in [0.3, 0.4) is 0 Å². The maximum Gasteiger partial charge on any atom is 0.158 e. The molecule has 0 unspecified atom stereocenters. The van der Waals surface area contributed by atoms with Crippen LogP contribution < -0.4 is 0 Å². The van der Waals surface area contributed by atoms with Crippen LogP contribution in [0.15, 0.2) is 115 Å². The molecule has 0 N–H and O–H groups in total. The van der Waals surface area contributed by atoms with Gasteiger partial charge in [0.25, 0.3) is 0 Å². The van der Waals surface area contributed by atoms with Crippen LogP contribution in [0.25, 0.3) is 44.9 Å². The third kappa shape index (κ3) is 6.05. The van der Waals surface area contributed by atoms with Gasteiger partial charge in [0, 0.05) is 23.4 Å². The summed E-state index contributed by atoms with van der Waals surface area (Å²) in [4.78, 5) is 12.9. The molecule has 0 atom stereocenters. The molecule has 0 saturated carbocycles. The van der Waals surface area contributed by atoms with Crippen LogP contribution in [0, 0.1) is 36.5 Å². The minimum atomic E-state index is 0.161. The van der Waals surface area contributed by atoms with E-state index in [0.29, 0.717) is 24.0 Å². The van der Waals surface area contributed by atoms with Crippen molar-refractivity contribution in [2.24, 2.45) is 0 Å². The molecule has 0 bridgehead atoms. The smallest absolute Gasteiger partial charge is 0.158 e. The van der Waals surface area contributed by atoms with Gasteiger partial charge in [-0.05, 0) is 105 Å². The number of Topliss-reactive ketones (excluding diaryl/α,β-unsaturated/α-hetero) is 1. The number of nitrogens with zero attached hydrogens (tertiary/aromatic N) is 4. The van der Waals surface area contributed by atoms with E-state index in [1.807, 2.05) is 62.4 Å². The summed E-state index contributed by atoms with van der Waals surface area (Å²) < 4.78 is 4.61. The van der Waals surface area contributed by atoms with Crippen molar-refractivity contribution in [3.05, 3.63) is 143 Å². The van der Waals surface area contributed by atoms with Crippen LogP contribution in [0.2, 0.25) is 0 Å². The number of carbonyl (C=O) groups excluding carboxylic acids is 1. The van der Waals surface area contributed by atoms with Gasteiger partial charge in [0.05, 0.1) is 45.7 Å². The Morgan fingerprint density at radius 2 is 1.23 bits per heavy atom. The van der Waals surface area contributed by atoms with E-state index in [4.69, 9.17) is 0 Å². The fourth-order valence-corrected chi connectivity index (χ4v) is 6.17. The molecule has 6 aromatic rings. The average Bonchev–Trinajstić information content (AvgIpc) is 3.63.